The number of rotatable bonds is 8. The topological polar surface area (TPSA) is 137 Å². The molecule has 0 aliphatic rings. The standard InChI is InChI=1S/C19H26N6O4/c1-22(18(28)14-8-12(16(20)26)10-24(14)3)6-5-7-23(2)19(29)15-9-13(17(21)27)11-25(15)4/h8-11H,5-7H2,1-4H3,(H2,20,26)(H2,21,27). The van der Waals surface area contributed by atoms with E-state index in [-0.39, 0.29) is 22.9 Å². The van der Waals surface area contributed by atoms with Crippen LogP contribution in [-0.4, -0.2) is 69.7 Å². The molecule has 0 radical (unpaired) electrons. The molecule has 10 heteroatoms. The molecule has 2 aromatic rings. The van der Waals surface area contributed by atoms with E-state index in [9.17, 15) is 19.2 Å². The normalized spacial score (nSPS) is 10.6. The molecule has 2 aromatic heterocycles. The predicted molar refractivity (Wildman–Crippen MR) is 106 cm³/mol. The van der Waals surface area contributed by atoms with Crippen LogP contribution in [0.3, 0.4) is 0 Å². The highest BCUT2D eigenvalue weighted by molar-refractivity contribution is 5.99. The summed E-state index contributed by atoms with van der Waals surface area (Å²) in [6, 6.07) is 2.92. The average Bonchev–Trinajstić information content (AvgIpc) is 3.23. The van der Waals surface area contributed by atoms with Crippen molar-refractivity contribution in [3.63, 3.8) is 0 Å². The number of primary amides is 2. The van der Waals surface area contributed by atoms with Gasteiger partial charge in [-0.05, 0) is 18.6 Å². The molecular formula is C19H26N6O4. The Kier molecular flexibility index (Phi) is 6.47. The van der Waals surface area contributed by atoms with Crippen molar-refractivity contribution in [1.29, 1.82) is 0 Å². The number of hydrogen-bond donors (Lipinski definition) is 2. The lowest BCUT2D eigenvalue weighted by Crippen LogP contribution is -2.34. The van der Waals surface area contributed by atoms with Crippen molar-refractivity contribution in [3.8, 4) is 0 Å². The molecule has 0 unspecified atom stereocenters. The highest BCUT2D eigenvalue weighted by atomic mass is 16.2. The van der Waals surface area contributed by atoms with Gasteiger partial charge in [-0.15, -0.1) is 0 Å². The highest BCUT2D eigenvalue weighted by Gasteiger charge is 2.20. The minimum Gasteiger partial charge on any atom is -0.366 e. The van der Waals surface area contributed by atoms with Crippen molar-refractivity contribution in [2.45, 2.75) is 6.42 Å². The lowest BCUT2D eigenvalue weighted by molar-refractivity contribution is 0.0754. The van der Waals surface area contributed by atoms with Gasteiger partial charge in [-0.3, -0.25) is 19.2 Å². The number of aromatic nitrogens is 2. The van der Waals surface area contributed by atoms with Gasteiger partial charge in [0.05, 0.1) is 11.1 Å². The summed E-state index contributed by atoms with van der Waals surface area (Å²) in [5.41, 5.74) is 11.7. The number of hydrogen-bond acceptors (Lipinski definition) is 4. The van der Waals surface area contributed by atoms with Crippen LogP contribution in [0.5, 0.6) is 0 Å². The second-order valence-corrected chi connectivity index (χ2v) is 6.99. The lowest BCUT2D eigenvalue weighted by atomic mass is 10.2. The van der Waals surface area contributed by atoms with E-state index in [1.165, 1.54) is 34.3 Å². The first kappa shape index (κ1) is 21.7. The molecule has 0 atom stereocenters. The second kappa shape index (κ2) is 8.63. The number of carbonyl (C=O) groups is 4. The maximum atomic E-state index is 12.6. The van der Waals surface area contributed by atoms with Crippen LogP contribution in [0.4, 0.5) is 0 Å². The minimum absolute atomic E-state index is 0.248. The Labute approximate surface area is 168 Å². The summed E-state index contributed by atoms with van der Waals surface area (Å²) < 4.78 is 3.11. The smallest absolute Gasteiger partial charge is 0.270 e. The molecule has 29 heavy (non-hydrogen) atoms. The van der Waals surface area contributed by atoms with Gasteiger partial charge in [0, 0.05) is 53.7 Å². The Morgan fingerprint density at radius 3 is 1.41 bits per heavy atom. The van der Waals surface area contributed by atoms with Crippen LogP contribution in [0.2, 0.25) is 0 Å². The monoisotopic (exact) mass is 402 g/mol. The third-order valence-corrected chi connectivity index (χ3v) is 4.70. The minimum atomic E-state index is -0.595. The quantitative estimate of drug-likeness (QED) is 0.631. The lowest BCUT2D eigenvalue weighted by Gasteiger charge is -2.21. The molecule has 156 valence electrons. The molecule has 4 N–H and O–H groups in total. The second-order valence-electron chi connectivity index (χ2n) is 6.99. The van der Waals surface area contributed by atoms with Crippen LogP contribution in [-0.2, 0) is 14.1 Å². The molecule has 0 spiro atoms. The summed E-state index contributed by atoms with van der Waals surface area (Å²) in [5.74, 6) is -1.68. The predicted octanol–water partition coefficient (Wildman–Crippen LogP) is -0.204. The summed E-state index contributed by atoms with van der Waals surface area (Å²) in [6.45, 7) is 0.820. The summed E-state index contributed by atoms with van der Waals surface area (Å²) in [7, 11) is 6.63. The van der Waals surface area contributed by atoms with Crippen LogP contribution in [0.25, 0.3) is 0 Å². The fourth-order valence-electron chi connectivity index (χ4n) is 2.96. The highest BCUT2D eigenvalue weighted by Crippen LogP contribution is 2.11. The van der Waals surface area contributed by atoms with Gasteiger partial charge >= 0.3 is 0 Å². The van der Waals surface area contributed by atoms with Crippen LogP contribution < -0.4 is 11.5 Å². The third kappa shape index (κ3) is 4.84. The van der Waals surface area contributed by atoms with Crippen molar-refractivity contribution < 1.29 is 19.2 Å². The Morgan fingerprint density at radius 1 is 0.793 bits per heavy atom. The molecule has 0 fully saturated rings. The van der Waals surface area contributed by atoms with E-state index in [1.54, 1.807) is 37.3 Å². The molecular weight excluding hydrogens is 376 g/mol. The van der Waals surface area contributed by atoms with Gasteiger partial charge in [-0.2, -0.15) is 0 Å². The number of amides is 4. The summed E-state index contributed by atoms with van der Waals surface area (Å²) in [4.78, 5) is 50.7. The zero-order chi connectivity index (χ0) is 21.9. The van der Waals surface area contributed by atoms with Gasteiger partial charge in [0.2, 0.25) is 11.8 Å². The van der Waals surface area contributed by atoms with Crippen molar-refractivity contribution in [3.05, 3.63) is 47.0 Å². The molecule has 10 nitrogen and oxygen atoms in total. The van der Waals surface area contributed by atoms with E-state index in [0.717, 1.165) is 0 Å². The third-order valence-electron chi connectivity index (χ3n) is 4.70. The Hall–Kier alpha value is -3.56. The van der Waals surface area contributed by atoms with E-state index in [0.29, 0.717) is 30.9 Å². The van der Waals surface area contributed by atoms with Crippen LogP contribution in [0.15, 0.2) is 24.5 Å². The molecule has 2 rings (SSSR count). The maximum absolute atomic E-state index is 12.6. The number of nitrogens with two attached hydrogens (primary N) is 2. The number of aryl methyl sites for hydroxylation is 2. The van der Waals surface area contributed by atoms with Crippen LogP contribution in [0, 0.1) is 0 Å². The molecule has 0 aliphatic heterocycles. The van der Waals surface area contributed by atoms with E-state index in [1.807, 2.05) is 0 Å². The van der Waals surface area contributed by atoms with Crippen LogP contribution >= 0.6 is 0 Å². The van der Waals surface area contributed by atoms with Gasteiger partial charge in [-0.25, -0.2) is 0 Å². The van der Waals surface area contributed by atoms with Gasteiger partial charge in [0.15, 0.2) is 0 Å². The van der Waals surface area contributed by atoms with E-state index in [4.69, 9.17) is 11.5 Å². The molecule has 4 amide bonds. The Bertz CT molecular complexity index is 882. The van der Waals surface area contributed by atoms with Crippen molar-refractivity contribution in [2.24, 2.45) is 25.6 Å². The van der Waals surface area contributed by atoms with Crippen molar-refractivity contribution in [1.82, 2.24) is 18.9 Å². The first-order valence-electron chi connectivity index (χ1n) is 8.96. The molecule has 0 saturated heterocycles. The zero-order valence-corrected chi connectivity index (χ0v) is 17.0. The van der Waals surface area contributed by atoms with Gasteiger partial charge in [-0.1, -0.05) is 0 Å². The fraction of sp³-hybridized carbons (Fsp3) is 0.368. The van der Waals surface area contributed by atoms with Crippen LogP contribution in [0.1, 0.15) is 48.1 Å². The van der Waals surface area contributed by atoms with E-state index < -0.39 is 11.8 Å². The number of carbonyl (C=O) groups excluding carboxylic acids is 4. The number of nitrogens with zero attached hydrogens (tertiary/aromatic N) is 4. The van der Waals surface area contributed by atoms with Gasteiger partial charge in [0.25, 0.3) is 11.8 Å². The Balaban J connectivity index is 1.93. The average molecular weight is 402 g/mol. The summed E-state index contributed by atoms with van der Waals surface area (Å²) in [5, 5.41) is 0. The summed E-state index contributed by atoms with van der Waals surface area (Å²) in [6.07, 6.45) is 3.57. The van der Waals surface area contributed by atoms with Crippen molar-refractivity contribution in [2.75, 3.05) is 27.2 Å². The van der Waals surface area contributed by atoms with Gasteiger partial charge in [0.1, 0.15) is 11.4 Å². The maximum Gasteiger partial charge on any atom is 0.270 e. The molecule has 2 heterocycles. The fourth-order valence-corrected chi connectivity index (χ4v) is 2.96. The van der Waals surface area contributed by atoms with Crippen molar-refractivity contribution >= 4 is 23.6 Å². The molecule has 0 aliphatic carbocycles. The first-order chi connectivity index (χ1) is 13.5. The van der Waals surface area contributed by atoms with E-state index >= 15 is 0 Å². The van der Waals surface area contributed by atoms with E-state index in [2.05, 4.69) is 0 Å². The molecule has 0 aromatic carbocycles. The molecule has 0 bridgehead atoms. The largest absolute Gasteiger partial charge is 0.366 e. The SMILES string of the molecule is CN(CCCN(C)C(=O)c1cc(C(N)=O)cn1C)C(=O)c1cc(C(N)=O)cn1C. The first-order valence-corrected chi connectivity index (χ1v) is 8.96. The Morgan fingerprint density at radius 2 is 1.14 bits per heavy atom. The van der Waals surface area contributed by atoms with Gasteiger partial charge < -0.3 is 30.4 Å². The molecule has 0 saturated carbocycles. The summed E-state index contributed by atoms with van der Waals surface area (Å²) >= 11 is 0. The zero-order valence-electron chi connectivity index (χ0n) is 17.0.